The van der Waals surface area contributed by atoms with Crippen molar-refractivity contribution in [3.05, 3.63) is 35.4 Å². The van der Waals surface area contributed by atoms with Crippen LogP contribution in [0.5, 0.6) is 5.75 Å². The molecular formula is C12H16ClNO. The molecule has 1 heterocycles. The Kier molecular flexibility index (Phi) is 4.66. The maximum absolute atomic E-state index is 5.62. The highest BCUT2D eigenvalue weighted by Crippen LogP contribution is 2.25. The van der Waals surface area contributed by atoms with Gasteiger partial charge in [-0.3, -0.25) is 0 Å². The summed E-state index contributed by atoms with van der Waals surface area (Å²) in [5.41, 5.74) is 2.50. The summed E-state index contributed by atoms with van der Waals surface area (Å²) < 4.78 is 5.62. The Morgan fingerprint density at radius 3 is 2.93 bits per heavy atom. The lowest BCUT2D eigenvalue weighted by Gasteiger charge is -2.17. The number of hydrogen-bond donors (Lipinski definition) is 1. The first kappa shape index (κ1) is 12.1. The van der Waals surface area contributed by atoms with Crippen molar-refractivity contribution in [3.8, 4) is 5.75 Å². The molecule has 1 N–H and O–H groups in total. The molecule has 1 aromatic rings. The van der Waals surface area contributed by atoms with Gasteiger partial charge in [0.25, 0.3) is 0 Å². The van der Waals surface area contributed by atoms with E-state index >= 15 is 0 Å². The summed E-state index contributed by atoms with van der Waals surface area (Å²) in [7, 11) is 0. The zero-order chi connectivity index (χ0) is 9.80. The average Bonchev–Trinajstić information content (AvgIpc) is 2.26. The highest BCUT2D eigenvalue weighted by molar-refractivity contribution is 5.85. The number of para-hydroxylation sites is 1. The zero-order valence-corrected chi connectivity index (χ0v) is 9.64. The average molecular weight is 226 g/mol. The number of ether oxygens (including phenoxy) is 1. The van der Waals surface area contributed by atoms with Gasteiger partial charge in [0.15, 0.2) is 0 Å². The van der Waals surface area contributed by atoms with Crippen molar-refractivity contribution < 1.29 is 4.74 Å². The van der Waals surface area contributed by atoms with Gasteiger partial charge in [0.2, 0.25) is 0 Å². The Balaban J connectivity index is 0.00000112. The molecule has 0 saturated carbocycles. The molecule has 0 aromatic heterocycles. The van der Waals surface area contributed by atoms with Crippen LogP contribution in [0.25, 0.3) is 6.08 Å². The van der Waals surface area contributed by atoms with Crippen LogP contribution in [-0.2, 0) is 0 Å². The fourth-order valence-corrected chi connectivity index (χ4v) is 1.55. The largest absolute Gasteiger partial charge is 0.489 e. The van der Waals surface area contributed by atoms with Crippen LogP contribution < -0.4 is 10.1 Å². The lowest BCUT2D eigenvalue weighted by molar-refractivity contribution is 0.343. The van der Waals surface area contributed by atoms with Crippen molar-refractivity contribution >= 4 is 18.5 Å². The van der Waals surface area contributed by atoms with Gasteiger partial charge in [-0.1, -0.05) is 25.1 Å². The Morgan fingerprint density at radius 2 is 2.13 bits per heavy atom. The van der Waals surface area contributed by atoms with Crippen molar-refractivity contribution in [2.45, 2.75) is 6.92 Å². The van der Waals surface area contributed by atoms with Crippen LogP contribution in [0.4, 0.5) is 0 Å². The van der Waals surface area contributed by atoms with E-state index in [1.807, 2.05) is 18.2 Å². The van der Waals surface area contributed by atoms with Gasteiger partial charge in [0, 0.05) is 12.1 Å². The van der Waals surface area contributed by atoms with Crippen LogP contribution >= 0.6 is 12.4 Å². The van der Waals surface area contributed by atoms with Gasteiger partial charge in [0.05, 0.1) is 0 Å². The molecule has 0 fully saturated rings. The van der Waals surface area contributed by atoms with Crippen molar-refractivity contribution in [2.24, 2.45) is 0 Å². The fourth-order valence-electron chi connectivity index (χ4n) is 1.55. The van der Waals surface area contributed by atoms with Gasteiger partial charge in [-0.15, -0.1) is 12.4 Å². The summed E-state index contributed by atoms with van der Waals surface area (Å²) in [6.07, 6.45) is 2.21. The summed E-state index contributed by atoms with van der Waals surface area (Å²) >= 11 is 0. The second-order valence-electron chi connectivity index (χ2n) is 3.41. The number of likely N-dealkylation sites (N-methyl/N-ethyl adjacent to an activating group) is 1. The molecule has 2 rings (SSSR count). The maximum atomic E-state index is 5.62. The third-order valence-corrected chi connectivity index (χ3v) is 2.29. The van der Waals surface area contributed by atoms with E-state index in [4.69, 9.17) is 4.74 Å². The topological polar surface area (TPSA) is 21.3 Å². The van der Waals surface area contributed by atoms with Crippen LogP contribution in [0.15, 0.2) is 29.8 Å². The van der Waals surface area contributed by atoms with Crippen LogP contribution in [-0.4, -0.2) is 19.7 Å². The Hall–Kier alpha value is -0.990. The van der Waals surface area contributed by atoms with Crippen molar-refractivity contribution in [3.63, 3.8) is 0 Å². The number of benzene rings is 1. The lowest BCUT2D eigenvalue weighted by atomic mass is 10.1. The number of halogens is 1. The van der Waals surface area contributed by atoms with Crippen LogP contribution in [0.1, 0.15) is 12.5 Å². The lowest BCUT2D eigenvalue weighted by Crippen LogP contribution is -2.21. The third kappa shape index (κ3) is 2.98. The number of rotatable bonds is 3. The molecule has 0 aliphatic carbocycles. The highest BCUT2D eigenvalue weighted by atomic mass is 35.5. The van der Waals surface area contributed by atoms with Gasteiger partial charge >= 0.3 is 0 Å². The molecule has 1 aromatic carbocycles. The van der Waals surface area contributed by atoms with E-state index in [2.05, 4.69) is 24.4 Å². The predicted molar refractivity (Wildman–Crippen MR) is 65.7 cm³/mol. The van der Waals surface area contributed by atoms with E-state index < -0.39 is 0 Å². The second-order valence-corrected chi connectivity index (χ2v) is 3.41. The minimum atomic E-state index is 0. The van der Waals surface area contributed by atoms with Crippen molar-refractivity contribution in [2.75, 3.05) is 19.7 Å². The predicted octanol–water partition coefficient (Wildman–Crippen LogP) is 2.49. The molecule has 0 atom stereocenters. The van der Waals surface area contributed by atoms with E-state index in [0.717, 1.165) is 18.8 Å². The molecule has 0 radical (unpaired) electrons. The van der Waals surface area contributed by atoms with Gasteiger partial charge in [0.1, 0.15) is 12.4 Å². The molecule has 1 aliphatic rings. The summed E-state index contributed by atoms with van der Waals surface area (Å²) in [6, 6.07) is 8.13. The molecule has 0 spiro atoms. The summed E-state index contributed by atoms with van der Waals surface area (Å²) in [4.78, 5) is 0. The molecule has 3 heteroatoms. The first-order valence-electron chi connectivity index (χ1n) is 5.02. The van der Waals surface area contributed by atoms with Gasteiger partial charge in [-0.25, -0.2) is 0 Å². The van der Waals surface area contributed by atoms with Gasteiger partial charge in [-0.05, 0) is 24.3 Å². The Labute approximate surface area is 96.7 Å². The maximum Gasteiger partial charge on any atom is 0.127 e. The zero-order valence-electron chi connectivity index (χ0n) is 8.82. The molecule has 15 heavy (non-hydrogen) atoms. The smallest absolute Gasteiger partial charge is 0.127 e. The molecule has 82 valence electrons. The van der Waals surface area contributed by atoms with E-state index in [-0.39, 0.29) is 12.4 Å². The van der Waals surface area contributed by atoms with E-state index in [9.17, 15) is 0 Å². The van der Waals surface area contributed by atoms with Crippen LogP contribution in [0, 0.1) is 0 Å². The summed E-state index contributed by atoms with van der Waals surface area (Å²) in [6.45, 7) is 4.74. The molecule has 1 aliphatic heterocycles. The van der Waals surface area contributed by atoms with Crippen LogP contribution in [0.2, 0.25) is 0 Å². The summed E-state index contributed by atoms with van der Waals surface area (Å²) in [5.74, 6) is 0.993. The van der Waals surface area contributed by atoms with Crippen molar-refractivity contribution in [1.29, 1.82) is 0 Å². The fraction of sp³-hybridized carbons (Fsp3) is 0.333. The Bertz CT molecular complexity index is 349. The molecule has 0 amide bonds. The molecular weight excluding hydrogens is 210 g/mol. The standard InChI is InChI=1S/C12H15NO.ClH/c1-2-13-8-10-7-11-5-3-4-6-12(11)14-9-10;/h3-7,13H,2,8-9H2,1H3;1H. The van der Waals surface area contributed by atoms with Gasteiger partial charge < -0.3 is 10.1 Å². The normalized spacial score (nSPS) is 13.3. The van der Waals surface area contributed by atoms with Gasteiger partial charge in [-0.2, -0.15) is 0 Å². The highest BCUT2D eigenvalue weighted by Gasteiger charge is 2.09. The van der Waals surface area contributed by atoms with Crippen LogP contribution in [0.3, 0.4) is 0 Å². The molecule has 0 unspecified atom stereocenters. The van der Waals surface area contributed by atoms with E-state index in [1.165, 1.54) is 11.1 Å². The monoisotopic (exact) mass is 225 g/mol. The minimum Gasteiger partial charge on any atom is -0.489 e. The van der Waals surface area contributed by atoms with Crippen molar-refractivity contribution in [1.82, 2.24) is 5.32 Å². The molecule has 0 saturated heterocycles. The quantitative estimate of drug-likeness (QED) is 0.854. The Morgan fingerprint density at radius 1 is 1.33 bits per heavy atom. The summed E-state index contributed by atoms with van der Waals surface area (Å²) in [5, 5.41) is 3.30. The van der Waals surface area contributed by atoms with E-state index in [1.54, 1.807) is 0 Å². The number of fused-ring (bicyclic) bond motifs is 1. The third-order valence-electron chi connectivity index (χ3n) is 2.29. The SMILES string of the molecule is CCNCC1=Cc2ccccc2OC1.Cl. The minimum absolute atomic E-state index is 0. The van der Waals surface area contributed by atoms with E-state index in [0.29, 0.717) is 6.61 Å². The molecule has 0 bridgehead atoms. The second kappa shape index (κ2) is 5.79. The number of nitrogens with one attached hydrogen (secondary N) is 1. The first-order chi connectivity index (χ1) is 6.90. The number of hydrogen-bond acceptors (Lipinski definition) is 2. The first-order valence-corrected chi connectivity index (χ1v) is 5.02. The molecule has 2 nitrogen and oxygen atoms in total.